The van der Waals surface area contributed by atoms with E-state index < -0.39 is 17.3 Å². The van der Waals surface area contributed by atoms with Gasteiger partial charge in [0.25, 0.3) is 0 Å². The molecule has 0 spiro atoms. The summed E-state index contributed by atoms with van der Waals surface area (Å²) >= 11 is 0. The van der Waals surface area contributed by atoms with Gasteiger partial charge in [0.15, 0.2) is 0 Å². The summed E-state index contributed by atoms with van der Waals surface area (Å²) in [5, 5.41) is 5.18. The molecule has 0 bridgehead atoms. The van der Waals surface area contributed by atoms with Gasteiger partial charge in [0.2, 0.25) is 11.8 Å². The van der Waals surface area contributed by atoms with E-state index in [-0.39, 0.29) is 24.8 Å². The molecule has 7 heteroatoms. The van der Waals surface area contributed by atoms with E-state index in [9.17, 15) is 14.4 Å². The Bertz CT molecular complexity index is 1120. The number of methoxy groups -OCH3 is 1. The number of nitrogens with one attached hydrogen (secondary N) is 1. The van der Waals surface area contributed by atoms with Crippen LogP contribution in [-0.4, -0.2) is 49.6 Å². The molecule has 1 saturated heterocycles. The first kappa shape index (κ1) is 24.9. The van der Waals surface area contributed by atoms with Crippen molar-refractivity contribution in [3.05, 3.63) is 59.8 Å². The van der Waals surface area contributed by atoms with E-state index in [1.165, 1.54) is 0 Å². The number of esters is 1. The van der Waals surface area contributed by atoms with Gasteiger partial charge >= 0.3 is 5.97 Å². The number of amides is 2. The summed E-state index contributed by atoms with van der Waals surface area (Å²) < 4.78 is 10.6. The molecule has 0 saturated carbocycles. The lowest BCUT2D eigenvalue weighted by Gasteiger charge is -2.35. The number of likely N-dealkylation sites (tertiary alicyclic amines) is 1. The van der Waals surface area contributed by atoms with Gasteiger partial charge in [0.05, 0.1) is 12.5 Å². The Labute approximate surface area is 206 Å². The normalized spacial score (nSPS) is 21.5. The molecule has 1 fully saturated rings. The van der Waals surface area contributed by atoms with Gasteiger partial charge in [0, 0.05) is 38.9 Å². The van der Waals surface area contributed by atoms with Crippen molar-refractivity contribution in [2.75, 3.05) is 26.9 Å². The average molecular weight is 479 g/mol. The molecule has 2 aromatic rings. The number of hydrogen-bond donors (Lipinski definition) is 1. The van der Waals surface area contributed by atoms with Crippen LogP contribution >= 0.6 is 0 Å². The summed E-state index contributed by atoms with van der Waals surface area (Å²) in [6.45, 7) is 3.31. The minimum Gasteiger partial charge on any atom is -0.465 e. The smallest absolute Gasteiger partial charge is 0.318 e. The summed E-state index contributed by atoms with van der Waals surface area (Å²) in [6.07, 6.45) is 4.66. The monoisotopic (exact) mass is 478 g/mol. The van der Waals surface area contributed by atoms with E-state index >= 15 is 0 Å². The van der Waals surface area contributed by atoms with Crippen molar-refractivity contribution in [2.24, 2.45) is 11.3 Å². The second-order valence-electron chi connectivity index (χ2n) is 9.18. The van der Waals surface area contributed by atoms with Crippen molar-refractivity contribution in [1.29, 1.82) is 0 Å². The van der Waals surface area contributed by atoms with E-state index in [1.54, 1.807) is 18.9 Å². The van der Waals surface area contributed by atoms with E-state index in [0.29, 0.717) is 38.2 Å². The van der Waals surface area contributed by atoms with E-state index in [2.05, 4.69) is 5.32 Å². The Morgan fingerprint density at radius 2 is 1.97 bits per heavy atom. The first-order valence-electron chi connectivity index (χ1n) is 12.4. The number of nitrogens with zero attached hydrogens (tertiary/aromatic N) is 1. The van der Waals surface area contributed by atoms with Crippen molar-refractivity contribution >= 4 is 28.6 Å². The van der Waals surface area contributed by atoms with Gasteiger partial charge < -0.3 is 19.7 Å². The second-order valence-corrected chi connectivity index (χ2v) is 9.18. The standard InChI is InChI=1S/C28H34N2O5/c1-3-35-27(33)28-15-7-6-14-24(28)30(16-9-17-34-2)26(32)23(28)18-25(31)29-19-21-12-8-11-20-10-4-5-13-22(20)21/h4-5,8,10-14,23H,3,6-7,9,15-19H2,1-2H3,(H,29,31)/t23-,28-/m0/s1. The van der Waals surface area contributed by atoms with Crippen LogP contribution in [0.1, 0.15) is 44.6 Å². The summed E-state index contributed by atoms with van der Waals surface area (Å²) in [5.41, 5.74) is 0.610. The van der Waals surface area contributed by atoms with Crippen LogP contribution in [0.3, 0.4) is 0 Å². The SMILES string of the molecule is CCOC(=O)[C@]12CCCC=C1N(CCCOC)C(=O)[C@@H]2CC(=O)NCc1cccc2ccccc12. The molecule has 1 heterocycles. The molecule has 2 aliphatic rings. The highest BCUT2D eigenvalue weighted by molar-refractivity contribution is 5.99. The molecule has 0 aromatic heterocycles. The molecule has 0 unspecified atom stereocenters. The molecule has 1 aliphatic carbocycles. The molecule has 1 N–H and O–H groups in total. The maximum absolute atomic E-state index is 13.6. The number of carbonyl (C=O) groups is 3. The number of benzene rings is 2. The number of ether oxygens (including phenoxy) is 2. The molecule has 186 valence electrons. The zero-order valence-corrected chi connectivity index (χ0v) is 20.5. The van der Waals surface area contributed by atoms with Crippen LogP contribution in [-0.2, 0) is 30.4 Å². The largest absolute Gasteiger partial charge is 0.465 e. The van der Waals surface area contributed by atoms with Gasteiger partial charge in [-0.15, -0.1) is 0 Å². The average Bonchev–Trinajstić information content (AvgIpc) is 3.11. The molecule has 2 atom stereocenters. The molecule has 7 nitrogen and oxygen atoms in total. The number of rotatable bonds is 10. The lowest BCUT2D eigenvalue weighted by atomic mass is 9.68. The zero-order valence-electron chi connectivity index (χ0n) is 20.5. The molecule has 1 aliphatic heterocycles. The molecule has 4 rings (SSSR count). The van der Waals surface area contributed by atoms with Crippen LogP contribution in [0.5, 0.6) is 0 Å². The van der Waals surface area contributed by atoms with Gasteiger partial charge in [-0.2, -0.15) is 0 Å². The zero-order chi connectivity index (χ0) is 24.8. The summed E-state index contributed by atoms with van der Waals surface area (Å²) in [5.74, 6) is -1.60. The molecule has 0 radical (unpaired) electrons. The van der Waals surface area contributed by atoms with Crippen LogP contribution in [0, 0.1) is 11.3 Å². The van der Waals surface area contributed by atoms with Crippen molar-refractivity contribution in [2.45, 2.75) is 45.6 Å². The van der Waals surface area contributed by atoms with Crippen LogP contribution < -0.4 is 5.32 Å². The highest BCUT2D eigenvalue weighted by Gasteiger charge is 2.61. The Hall–Kier alpha value is -3.19. The Kier molecular flexibility index (Phi) is 7.86. The second kappa shape index (κ2) is 11.0. The number of allylic oxidation sites excluding steroid dienone is 1. The summed E-state index contributed by atoms with van der Waals surface area (Å²) in [4.78, 5) is 41.8. The third-order valence-corrected chi connectivity index (χ3v) is 7.14. The third kappa shape index (κ3) is 4.82. The van der Waals surface area contributed by atoms with Crippen molar-refractivity contribution < 1.29 is 23.9 Å². The maximum Gasteiger partial charge on any atom is 0.318 e. The van der Waals surface area contributed by atoms with Crippen LogP contribution in [0.25, 0.3) is 10.8 Å². The highest BCUT2D eigenvalue weighted by atomic mass is 16.5. The molecule has 2 aromatic carbocycles. The van der Waals surface area contributed by atoms with E-state index in [0.717, 1.165) is 29.2 Å². The predicted molar refractivity (Wildman–Crippen MR) is 133 cm³/mol. The molecular weight excluding hydrogens is 444 g/mol. The quantitative estimate of drug-likeness (QED) is 0.413. The first-order valence-corrected chi connectivity index (χ1v) is 12.4. The lowest BCUT2D eigenvalue weighted by Crippen LogP contribution is -2.43. The Balaban J connectivity index is 1.56. The number of fused-ring (bicyclic) bond motifs is 2. The van der Waals surface area contributed by atoms with E-state index in [4.69, 9.17) is 9.47 Å². The van der Waals surface area contributed by atoms with E-state index in [1.807, 2.05) is 48.5 Å². The fourth-order valence-electron chi connectivity index (χ4n) is 5.52. The van der Waals surface area contributed by atoms with Crippen molar-refractivity contribution in [3.63, 3.8) is 0 Å². The molecule has 2 amide bonds. The predicted octanol–water partition coefficient (Wildman–Crippen LogP) is 3.96. The maximum atomic E-state index is 13.6. The van der Waals surface area contributed by atoms with Crippen LogP contribution in [0.2, 0.25) is 0 Å². The Morgan fingerprint density at radius 1 is 1.17 bits per heavy atom. The van der Waals surface area contributed by atoms with Gasteiger partial charge in [-0.3, -0.25) is 14.4 Å². The lowest BCUT2D eigenvalue weighted by molar-refractivity contribution is -0.158. The topological polar surface area (TPSA) is 84.9 Å². The summed E-state index contributed by atoms with van der Waals surface area (Å²) in [6, 6.07) is 14.0. The van der Waals surface area contributed by atoms with Crippen LogP contribution in [0.4, 0.5) is 0 Å². The minimum atomic E-state index is -1.10. The van der Waals surface area contributed by atoms with Gasteiger partial charge in [-0.1, -0.05) is 48.5 Å². The Morgan fingerprint density at radius 3 is 2.77 bits per heavy atom. The highest BCUT2D eigenvalue weighted by Crippen LogP contribution is 2.53. The van der Waals surface area contributed by atoms with Gasteiger partial charge in [-0.05, 0) is 48.9 Å². The van der Waals surface area contributed by atoms with Crippen molar-refractivity contribution in [1.82, 2.24) is 10.2 Å². The molecule has 35 heavy (non-hydrogen) atoms. The van der Waals surface area contributed by atoms with Gasteiger partial charge in [-0.25, -0.2) is 0 Å². The van der Waals surface area contributed by atoms with Crippen molar-refractivity contribution in [3.8, 4) is 0 Å². The van der Waals surface area contributed by atoms with Crippen LogP contribution in [0.15, 0.2) is 54.2 Å². The molecular formula is C28H34N2O5. The fraction of sp³-hybridized carbons (Fsp3) is 0.464. The minimum absolute atomic E-state index is 0.0550. The summed E-state index contributed by atoms with van der Waals surface area (Å²) in [7, 11) is 1.62. The first-order chi connectivity index (χ1) is 17.0. The number of carbonyl (C=O) groups excluding carboxylic acids is 3. The van der Waals surface area contributed by atoms with Gasteiger partial charge in [0.1, 0.15) is 5.41 Å². The number of hydrogen-bond acceptors (Lipinski definition) is 5. The third-order valence-electron chi connectivity index (χ3n) is 7.14. The fourth-order valence-corrected chi connectivity index (χ4v) is 5.52.